The normalized spacial score (nSPS) is 10.7. The Labute approximate surface area is 184 Å². The Morgan fingerprint density at radius 1 is 0.844 bits per heavy atom. The zero-order valence-corrected chi connectivity index (χ0v) is 17.1. The van der Waals surface area contributed by atoms with Crippen LogP contribution in [0.15, 0.2) is 91.0 Å². The van der Waals surface area contributed by atoms with Crippen molar-refractivity contribution in [3.63, 3.8) is 0 Å². The number of aromatic nitrogens is 1. The van der Waals surface area contributed by atoms with Crippen LogP contribution in [-0.4, -0.2) is 17.5 Å². The largest absolute Gasteiger partial charge is 0.367 e. The minimum absolute atomic E-state index is 0.0727. The van der Waals surface area contributed by atoms with E-state index in [1.807, 2.05) is 36.4 Å². The first kappa shape index (κ1) is 21.3. The molecule has 0 atom stereocenters. The Kier molecular flexibility index (Phi) is 6.63. The molecule has 4 rings (SSSR count). The lowest BCUT2D eigenvalue weighted by Crippen LogP contribution is -2.18. The molecule has 4 aromatic rings. The van der Waals surface area contributed by atoms with Crippen LogP contribution in [0.4, 0.5) is 14.5 Å². The summed E-state index contributed by atoms with van der Waals surface area (Å²) in [5.41, 5.74) is 3.54. The summed E-state index contributed by atoms with van der Waals surface area (Å²) in [5.74, 6) is -1.59. The number of amides is 1. The fourth-order valence-electron chi connectivity index (χ4n) is 3.23. The van der Waals surface area contributed by atoms with E-state index in [0.29, 0.717) is 23.7 Å². The average Bonchev–Trinajstić information content (AvgIpc) is 2.80. The van der Waals surface area contributed by atoms with E-state index in [2.05, 4.69) is 10.3 Å². The number of anilines is 1. The number of carbonyl (C=O) groups is 1. The molecular formula is C26H20F2N2O2. The fourth-order valence-corrected chi connectivity index (χ4v) is 3.23. The Balaban J connectivity index is 1.44. The predicted molar refractivity (Wildman–Crippen MR) is 120 cm³/mol. The summed E-state index contributed by atoms with van der Waals surface area (Å²) in [6.45, 7) is 0.279. The molecule has 4 nitrogen and oxygen atoms in total. The number of ether oxygens (including phenoxy) is 1. The van der Waals surface area contributed by atoms with Gasteiger partial charge < -0.3 is 10.1 Å². The molecule has 1 amide bonds. The highest BCUT2D eigenvalue weighted by Crippen LogP contribution is 2.26. The van der Waals surface area contributed by atoms with Crippen molar-refractivity contribution in [1.82, 2.24) is 4.98 Å². The number of benzene rings is 3. The second kappa shape index (κ2) is 9.94. The van der Waals surface area contributed by atoms with Crippen molar-refractivity contribution in [1.29, 1.82) is 0 Å². The minimum atomic E-state index is -0.675. The SMILES string of the molecule is O=C(COCc1ccccc1)Nc1cccc(-c2cccc(-c3ccc(F)cc3F)n2)c1. The predicted octanol–water partition coefficient (Wildman–Crippen LogP) is 5.85. The number of halogens is 2. The number of rotatable bonds is 7. The molecule has 32 heavy (non-hydrogen) atoms. The van der Waals surface area contributed by atoms with Gasteiger partial charge in [-0.05, 0) is 42.0 Å². The lowest BCUT2D eigenvalue weighted by Gasteiger charge is -2.09. The van der Waals surface area contributed by atoms with Crippen molar-refractivity contribution in [3.8, 4) is 22.5 Å². The van der Waals surface area contributed by atoms with Gasteiger partial charge in [0.2, 0.25) is 5.91 Å². The average molecular weight is 430 g/mol. The highest BCUT2D eigenvalue weighted by molar-refractivity contribution is 5.92. The van der Waals surface area contributed by atoms with E-state index in [1.54, 1.807) is 36.4 Å². The van der Waals surface area contributed by atoms with Gasteiger partial charge in [-0.25, -0.2) is 13.8 Å². The number of nitrogens with one attached hydrogen (secondary N) is 1. The smallest absolute Gasteiger partial charge is 0.250 e. The standard InChI is InChI=1S/C26H20F2N2O2/c27-20-12-13-22(23(28)15-20)25-11-5-10-24(30-25)19-8-4-9-21(14-19)29-26(31)17-32-16-18-6-2-1-3-7-18/h1-15H,16-17H2,(H,29,31). The molecule has 0 spiro atoms. The molecule has 3 aromatic carbocycles. The molecule has 0 saturated heterocycles. The van der Waals surface area contributed by atoms with Crippen molar-refractivity contribution in [2.45, 2.75) is 6.61 Å². The maximum absolute atomic E-state index is 14.1. The molecule has 160 valence electrons. The van der Waals surface area contributed by atoms with Crippen LogP contribution in [0.2, 0.25) is 0 Å². The molecule has 0 radical (unpaired) electrons. The summed E-state index contributed by atoms with van der Waals surface area (Å²) in [6.07, 6.45) is 0. The van der Waals surface area contributed by atoms with Gasteiger partial charge in [0, 0.05) is 22.9 Å². The first-order valence-electron chi connectivity index (χ1n) is 10.0. The summed E-state index contributed by atoms with van der Waals surface area (Å²) < 4.78 is 32.8. The van der Waals surface area contributed by atoms with Crippen molar-refractivity contribution < 1.29 is 18.3 Å². The summed E-state index contributed by atoms with van der Waals surface area (Å²) in [7, 11) is 0. The van der Waals surface area contributed by atoms with Gasteiger partial charge >= 0.3 is 0 Å². The molecule has 0 aliphatic carbocycles. The second-order valence-electron chi connectivity index (χ2n) is 7.14. The molecule has 0 fully saturated rings. The highest BCUT2D eigenvalue weighted by Gasteiger charge is 2.10. The zero-order valence-electron chi connectivity index (χ0n) is 17.1. The second-order valence-corrected chi connectivity index (χ2v) is 7.14. The molecule has 6 heteroatoms. The van der Waals surface area contributed by atoms with E-state index in [1.165, 1.54) is 12.1 Å². The summed E-state index contributed by atoms with van der Waals surface area (Å²) in [6, 6.07) is 25.4. The maximum atomic E-state index is 14.1. The van der Waals surface area contributed by atoms with E-state index in [4.69, 9.17) is 4.74 Å². The van der Waals surface area contributed by atoms with Gasteiger partial charge in [0.15, 0.2) is 0 Å². The van der Waals surface area contributed by atoms with Gasteiger partial charge in [0.1, 0.15) is 18.2 Å². The van der Waals surface area contributed by atoms with Gasteiger partial charge in [0.05, 0.1) is 18.0 Å². The number of hydrogen-bond donors (Lipinski definition) is 1. The third kappa shape index (κ3) is 5.42. The topological polar surface area (TPSA) is 51.2 Å². The van der Waals surface area contributed by atoms with Crippen molar-refractivity contribution in [3.05, 3.63) is 108 Å². The van der Waals surface area contributed by atoms with Crippen LogP contribution in [0.3, 0.4) is 0 Å². The van der Waals surface area contributed by atoms with Crippen LogP contribution in [0.1, 0.15) is 5.56 Å². The molecule has 0 unspecified atom stereocenters. The van der Waals surface area contributed by atoms with E-state index in [-0.39, 0.29) is 18.1 Å². The van der Waals surface area contributed by atoms with E-state index >= 15 is 0 Å². The Bertz CT molecular complexity index is 1230. The molecule has 0 aliphatic heterocycles. The van der Waals surface area contributed by atoms with E-state index in [9.17, 15) is 13.6 Å². The number of nitrogens with zero attached hydrogens (tertiary/aromatic N) is 1. The van der Waals surface area contributed by atoms with Crippen LogP contribution in [0, 0.1) is 11.6 Å². The lowest BCUT2D eigenvalue weighted by atomic mass is 10.1. The summed E-state index contributed by atoms with van der Waals surface area (Å²) in [4.78, 5) is 16.7. The summed E-state index contributed by atoms with van der Waals surface area (Å²) >= 11 is 0. The van der Waals surface area contributed by atoms with Crippen LogP contribution >= 0.6 is 0 Å². The van der Waals surface area contributed by atoms with Gasteiger partial charge in [-0.2, -0.15) is 0 Å². The van der Waals surface area contributed by atoms with Crippen molar-refractivity contribution in [2.24, 2.45) is 0 Å². The molecule has 1 aromatic heterocycles. The fraction of sp³-hybridized carbons (Fsp3) is 0.0769. The van der Waals surface area contributed by atoms with Gasteiger partial charge in [-0.3, -0.25) is 4.79 Å². The number of carbonyl (C=O) groups excluding carboxylic acids is 1. The van der Waals surface area contributed by atoms with Crippen LogP contribution < -0.4 is 5.32 Å². The van der Waals surface area contributed by atoms with E-state index in [0.717, 1.165) is 17.2 Å². The lowest BCUT2D eigenvalue weighted by molar-refractivity contribution is -0.121. The monoisotopic (exact) mass is 430 g/mol. The van der Waals surface area contributed by atoms with Crippen LogP contribution in [-0.2, 0) is 16.1 Å². The molecule has 1 heterocycles. The Morgan fingerprint density at radius 3 is 2.44 bits per heavy atom. The number of hydrogen-bond acceptors (Lipinski definition) is 3. The van der Waals surface area contributed by atoms with Gasteiger partial charge in [-0.15, -0.1) is 0 Å². The number of pyridine rings is 1. The molecule has 0 saturated carbocycles. The third-order valence-electron chi connectivity index (χ3n) is 4.74. The molecule has 0 bridgehead atoms. The highest BCUT2D eigenvalue weighted by atomic mass is 19.1. The Hall–Kier alpha value is -3.90. The van der Waals surface area contributed by atoms with Gasteiger partial charge in [0.25, 0.3) is 0 Å². The quantitative estimate of drug-likeness (QED) is 0.400. The first-order valence-corrected chi connectivity index (χ1v) is 10.0. The van der Waals surface area contributed by atoms with E-state index < -0.39 is 11.6 Å². The summed E-state index contributed by atoms with van der Waals surface area (Å²) in [5, 5.41) is 2.81. The van der Waals surface area contributed by atoms with Crippen molar-refractivity contribution in [2.75, 3.05) is 11.9 Å². The minimum Gasteiger partial charge on any atom is -0.367 e. The Morgan fingerprint density at radius 2 is 1.62 bits per heavy atom. The van der Waals surface area contributed by atoms with Crippen molar-refractivity contribution >= 4 is 11.6 Å². The molecule has 0 aliphatic rings. The first-order chi connectivity index (χ1) is 15.6. The molecular weight excluding hydrogens is 410 g/mol. The zero-order chi connectivity index (χ0) is 22.3. The maximum Gasteiger partial charge on any atom is 0.250 e. The van der Waals surface area contributed by atoms with Gasteiger partial charge in [-0.1, -0.05) is 48.5 Å². The van der Waals surface area contributed by atoms with Crippen LogP contribution in [0.25, 0.3) is 22.5 Å². The molecule has 1 N–H and O–H groups in total. The third-order valence-corrected chi connectivity index (χ3v) is 4.74. The van der Waals surface area contributed by atoms with Crippen LogP contribution in [0.5, 0.6) is 0 Å².